The molecule has 0 aliphatic heterocycles. The van der Waals surface area contributed by atoms with Gasteiger partial charge in [-0.25, -0.2) is 14.3 Å². The zero-order valence-electron chi connectivity index (χ0n) is 12.1. The Balaban J connectivity index is 2.54. The van der Waals surface area contributed by atoms with Crippen LogP contribution in [0.2, 0.25) is 0 Å². The van der Waals surface area contributed by atoms with E-state index in [-0.39, 0.29) is 17.3 Å². The largest absolute Gasteiger partial charge is 0.339 e. The fourth-order valence-corrected chi connectivity index (χ4v) is 2.51. The number of imidazole rings is 1. The number of H-pyrrole nitrogens is 1. The lowest BCUT2D eigenvalue weighted by Gasteiger charge is -2.15. The van der Waals surface area contributed by atoms with Crippen LogP contribution in [0, 0.1) is 6.92 Å². The van der Waals surface area contributed by atoms with Gasteiger partial charge in [0.1, 0.15) is 5.52 Å². The number of rotatable bonds is 2. The van der Waals surface area contributed by atoms with Crippen molar-refractivity contribution in [1.82, 2.24) is 19.1 Å². The summed E-state index contributed by atoms with van der Waals surface area (Å²) in [6.07, 6.45) is 1.44. The normalized spacial score (nSPS) is 11.4. The lowest BCUT2D eigenvalue weighted by Crippen LogP contribution is -2.40. The molecule has 0 bridgehead atoms. The van der Waals surface area contributed by atoms with Crippen molar-refractivity contribution in [3.05, 3.63) is 57.0 Å². The van der Waals surface area contributed by atoms with Gasteiger partial charge in [0.25, 0.3) is 5.56 Å². The van der Waals surface area contributed by atoms with Gasteiger partial charge in [0.05, 0.1) is 12.0 Å². The van der Waals surface area contributed by atoms with E-state index in [2.05, 4.69) is 9.97 Å². The Morgan fingerprint density at radius 2 is 1.90 bits per heavy atom. The summed E-state index contributed by atoms with van der Waals surface area (Å²) < 4.78 is 2.73. The lowest BCUT2D eigenvalue weighted by atomic mass is 10.2. The Bertz CT molecular complexity index is 931. The van der Waals surface area contributed by atoms with Crippen LogP contribution in [0.25, 0.3) is 16.9 Å². The first-order valence-electron chi connectivity index (χ1n) is 6.79. The Labute approximate surface area is 120 Å². The van der Waals surface area contributed by atoms with Crippen molar-refractivity contribution in [2.24, 2.45) is 0 Å². The maximum absolute atomic E-state index is 12.8. The van der Waals surface area contributed by atoms with Crippen LogP contribution < -0.4 is 11.2 Å². The summed E-state index contributed by atoms with van der Waals surface area (Å²) in [6, 6.07) is 7.31. The van der Waals surface area contributed by atoms with E-state index in [1.807, 2.05) is 45.0 Å². The number of benzene rings is 1. The molecule has 0 spiro atoms. The molecule has 6 heteroatoms. The Morgan fingerprint density at radius 1 is 1.19 bits per heavy atom. The minimum absolute atomic E-state index is 0.229. The number of aromatic nitrogens is 4. The van der Waals surface area contributed by atoms with Crippen LogP contribution >= 0.6 is 0 Å². The van der Waals surface area contributed by atoms with Crippen LogP contribution in [0.1, 0.15) is 25.5 Å². The molecule has 21 heavy (non-hydrogen) atoms. The molecule has 0 saturated heterocycles. The molecule has 0 amide bonds. The van der Waals surface area contributed by atoms with Crippen LogP contribution in [0.3, 0.4) is 0 Å². The van der Waals surface area contributed by atoms with Crippen LogP contribution in [0.4, 0.5) is 0 Å². The molecule has 1 aromatic carbocycles. The molecule has 108 valence electrons. The number of nitrogens with zero attached hydrogens (tertiary/aromatic N) is 3. The summed E-state index contributed by atoms with van der Waals surface area (Å²) in [6.45, 7) is 5.55. The highest BCUT2D eigenvalue weighted by molar-refractivity contribution is 5.71. The average Bonchev–Trinajstić information content (AvgIpc) is 2.90. The third-order valence-corrected chi connectivity index (χ3v) is 3.53. The molecular weight excluding hydrogens is 268 g/mol. The summed E-state index contributed by atoms with van der Waals surface area (Å²) in [5.74, 6) is 0. The van der Waals surface area contributed by atoms with E-state index in [4.69, 9.17) is 0 Å². The second-order valence-corrected chi connectivity index (χ2v) is 5.27. The molecule has 3 aromatic rings. The average molecular weight is 284 g/mol. The molecule has 0 aliphatic rings. The Hall–Kier alpha value is -2.63. The fraction of sp³-hybridized carbons (Fsp3) is 0.267. The highest BCUT2D eigenvalue weighted by atomic mass is 16.2. The van der Waals surface area contributed by atoms with E-state index in [1.165, 1.54) is 15.5 Å². The molecule has 2 aromatic heterocycles. The quantitative estimate of drug-likeness (QED) is 0.779. The van der Waals surface area contributed by atoms with Crippen molar-refractivity contribution >= 4 is 11.2 Å². The third kappa shape index (κ3) is 1.91. The van der Waals surface area contributed by atoms with Crippen molar-refractivity contribution in [2.45, 2.75) is 26.8 Å². The number of aromatic amines is 1. The minimum Gasteiger partial charge on any atom is -0.339 e. The predicted molar refractivity (Wildman–Crippen MR) is 81.1 cm³/mol. The van der Waals surface area contributed by atoms with Crippen LogP contribution in [-0.2, 0) is 0 Å². The van der Waals surface area contributed by atoms with Crippen molar-refractivity contribution in [1.29, 1.82) is 0 Å². The SMILES string of the molecule is Cc1ccccc1-n1c(=O)n(C(C)C)c(=O)c2[nH]cnc21. The van der Waals surface area contributed by atoms with Crippen molar-refractivity contribution < 1.29 is 0 Å². The third-order valence-electron chi connectivity index (χ3n) is 3.53. The van der Waals surface area contributed by atoms with E-state index < -0.39 is 0 Å². The van der Waals surface area contributed by atoms with E-state index in [9.17, 15) is 9.59 Å². The molecular formula is C15H16N4O2. The summed E-state index contributed by atoms with van der Waals surface area (Å²) in [4.78, 5) is 32.2. The van der Waals surface area contributed by atoms with Crippen molar-refractivity contribution in [2.75, 3.05) is 0 Å². The van der Waals surface area contributed by atoms with Gasteiger partial charge >= 0.3 is 5.69 Å². The zero-order chi connectivity index (χ0) is 15.1. The number of nitrogens with one attached hydrogen (secondary N) is 1. The van der Waals surface area contributed by atoms with Gasteiger partial charge in [-0.2, -0.15) is 0 Å². The molecule has 6 nitrogen and oxygen atoms in total. The van der Waals surface area contributed by atoms with Gasteiger partial charge in [0.15, 0.2) is 5.65 Å². The number of fused-ring (bicyclic) bond motifs is 1. The monoisotopic (exact) mass is 284 g/mol. The number of aryl methyl sites for hydroxylation is 1. The predicted octanol–water partition coefficient (Wildman–Crippen LogP) is 1.76. The summed E-state index contributed by atoms with van der Waals surface area (Å²) in [5.41, 5.74) is 1.66. The maximum atomic E-state index is 12.8. The summed E-state index contributed by atoms with van der Waals surface area (Å²) in [5, 5.41) is 0. The molecule has 0 atom stereocenters. The van der Waals surface area contributed by atoms with Crippen LogP contribution in [0.15, 0.2) is 40.2 Å². The van der Waals surface area contributed by atoms with E-state index in [1.54, 1.807) is 0 Å². The van der Waals surface area contributed by atoms with Gasteiger partial charge in [0, 0.05) is 6.04 Å². The minimum atomic E-state index is -0.371. The molecule has 0 aliphatic carbocycles. The topological polar surface area (TPSA) is 72.7 Å². The lowest BCUT2D eigenvalue weighted by molar-refractivity contribution is 0.540. The number of hydrogen-bond acceptors (Lipinski definition) is 3. The number of para-hydroxylation sites is 1. The molecule has 2 heterocycles. The van der Waals surface area contributed by atoms with E-state index in [0.717, 1.165) is 11.3 Å². The molecule has 1 N–H and O–H groups in total. The van der Waals surface area contributed by atoms with Gasteiger partial charge in [-0.1, -0.05) is 18.2 Å². The highest BCUT2D eigenvalue weighted by Gasteiger charge is 2.18. The first-order valence-corrected chi connectivity index (χ1v) is 6.79. The smallest absolute Gasteiger partial charge is 0.337 e. The van der Waals surface area contributed by atoms with Gasteiger partial charge < -0.3 is 4.98 Å². The van der Waals surface area contributed by atoms with Gasteiger partial charge in [0.2, 0.25) is 0 Å². The molecule has 0 fully saturated rings. The molecule has 0 radical (unpaired) electrons. The van der Waals surface area contributed by atoms with Gasteiger partial charge in [-0.15, -0.1) is 0 Å². The molecule has 0 unspecified atom stereocenters. The summed E-state index contributed by atoms with van der Waals surface area (Å²) >= 11 is 0. The standard InChI is InChI=1S/C15H16N4O2/c1-9(2)18-14(20)12-13(17-8-16-12)19(15(18)21)11-7-5-4-6-10(11)3/h4-9H,1-3H3,(H,16,17). The number of hydrogen-bond donors (Lipinski definition) is 1. The first-order chi connectivity index (χ1) is 10.0. The van der Waals surface area contributed by atoms with E-state index in [0.29, 0.717) is 11.2 Å². The Kier molecular flexibility index (Phi) is 3.01. The first kappa shape index (κ1) is 13.4. The van der Waals surface area contributed by atoms with Gasteiger partial charge in [-0.05, 0) is 32.4 Å². The maximum Gasteiger partial charge on any atom is 0.337 e. The Morgan fingerprint density at radius 3 is 2.57 bits per heavy atom. The molecule has 3 rings (SSSR count). The van der Waals surface area contributed by atoms with Gasteiger partial charge in [-0.3, -0.25) is 9.36 Å². The second-order valence-electron chi connectivity index (χ2n) is 5.27. The van der Waals surface area contributed by atoms with Crippen LogP contribution in [-0.4, -0.2) is 19.1 Å². The van der Waals surface area contributed by atoms with Crippen molar-refractivity contribution in [3.63, 3.8) is 0 Å². The highest BCUT2D eigenvalue weighted by Crippen LogP contribution is 2.15. The second kappa shape index (κ2) is 4.73. The summed E-state index contributed by atoms with van der Waals surface area (Å²) in [7, 11) is 0. The van der Waals surface area contributed by atoms with Crippen LogP contribution in [0.5, 0.6) is 0 Å². The molecule has 0 saturated carbocycles. The van der Waals surface area contributed by atoms with Crippen molar-refractivity contribution in [3.8, 4) is 5.69 Å². The zero-order valence-corrected chi connectivity index (χ0v) is 12.1. The fourth-order valence-electron chi connectivity index (χ4n) is 2.51. The van der Waals surface area contributed by atoms with E-state index >= 15 is 0 Å².